The van der Waals surface area contributed by atoms with Crippen molar-refractivity contribution in [2.75, 3.05) is 25.1 Å². The number of nitriles is 1. The van der Waals surface area contributed by atoms with Gasteiger partial charge in [0.1, 0.15) is 0 Å². The van der Waals surface area contributed by atoms with Gasteiger partial charge in [-0.25, -0.2) is 4.79 Å². The monoisotopic (exact) mass is 373 g/mol. The molecule has 1 spiro atoms. The Balaban J connectivity index is 1.46. The van der Waals surface area contributed by atoms with E-state index < -0.39 is 0 Å². The highest BCUT2D eigenvalue weighted by Crippen LogP contribution is 2.56. The van der Waals surface area contributed by atoms with Crippen molar-refractivity contribution in [1.82, 2.24) is 4.90 Å². The fourth-order valence-electron chi connectivity index (χ4n) is 4.87. The summed E-state index contributed by atoms with van der Waals surface area (Å²) in [5.41, 5.74) is 1.81. The lowest BCUT2D eigenvalue weighted by Gasteiger charge is -2.64. The van der Waals surface area contributed by atoms with Crippen LogP contribution in [0.2, 0.25) is 5.02 Å². The second kappa shape index (κ2) is 7.09. The van der Waals surface area contributed by atoms with E-state index in [2.05, 4.69) is 11.4 Å². The molecule has 1 saturated carbocycles. The molecule has 2 saturated heterocycles. The molecule has 1 aromatic rings. The lowest BCUT2D eigenvalue weighted by Crippen LogP contribution is -2.72. The molecular formula is C20H24ClN3O2. The second-order valence-corrected chi connectivity index (χ2v) is 8.22. The van der Waals surface area contributed by atoms with Gasteiger partial charge < -0.3 is 15.0 Å². The third kappa shape index (κ3) is 3.06. The number of ether oxygens (including phenoxy) is 1. The zero-order valence-corrected chi connectivity index (χ0v) is 15.6. The summed E-state index contributed by atoms with van der Waals surface area (Å²) in [6.45, 7) is 2.46. The topological polar surface area (TPSA) is 65.4 Å². The average Bonchev–Trinajstić information content (AvgIpc) is 2.56. The van der Waals surface area contributed by atoms with Gasteiger partial charge >= 0.3 is 6.03 Å². The standard InChI is InChI=1S/C20H24ClN3O2/c21-16-12-14(4-9-22)2-3-17(16)23-19(25)24-13-20(7-1-8-20)18(24)15-5-10-26-11-6-15/h2-3,12,15,18H,1,4-8,10-11,13H2,(H,23,25). The van der Waals surface area contributed by atoms with E-state index >= 15 is 0 Å². The number of rotatable bonds is 3. The van der Waals surface area contributed by atoms with Crippen molar-refractivity contribution in [3.05, 3.63) is 28.8 Å². The number of anilines is 1. The maximum atomic E-state index is 12.9. The number of nitrogens with zero attached hydrogens (tertiary/aromatic N) is 2. The van der Waals surface area contributed by atoms with Gasteiger partial charge in [0, 0.05) is 31.2 Å². The molecule has 4 rings (SSSR count). The van der Waals surface area contributed by atoms with Gasteiger partial charge in [0.15, 0.2) is 0 Å². The van der Waals surface area contributed by atoms with Crippen LogP contribution in [0.5, 0.6) is 0 Å². The summed E-state index contributed by atoms with van der Waals surface area (Å²) in [7, 11) is 0. The van der Waals surface area contributed by atoms with Crippen LogP contribution in [0.1, 0.15) is 37.7 Å². The smallest absolute Gasteiger partial charge is 0.322 e. The first-order valence-electron chi connectivity index (χ1n) is 9.44. The van der Waals surface area contributed by atoms with E-state index in [-0.39, 0.29) is 6.03 Å². The zero-order valence-electron chi connectivity index (χ0n) is 14.8. The van der Waals surface area contributed by atoms with Crippen LogP contribution in [0.15, 0.2) is 18.2 Å². The minimum Gasteiger partial charge on any atom is -0.381 e. The van der Waals surface area contributed by atoms with Gasteiger partial charge in [0.05, 0.1) is 23.2 Å². The molecule has 1 N–H and O–H groups in total. The van der Waals surface area contributed by atoms with Crippen molar-refractivity contribution in [1.29, 1.82) is 5.26 Å². The maximum Gasteiger partial charge on any atom is 0.322 e. The molecule has 3 aliphatic rings. The number of halogens is 1. The van der Waals surface area contributed by atoms with Crippen LogP contribution in [-0.2, 0) is 11.2 Å². The number of hydrogen-bond donors (Lipinski definition) is 1. The molecule has 0 aromatic heterocycles. The van der Waals surface area contributed by atoms with E-state index in [0.717, 1.165) is 38.2 Å². The highest BCUT2D eigenvalue weighted by molar-refractivity contribution is 6.33. The summed E-state index contributed by atoms with van der Waals surface area (Å²) >= 11 is 6.30. The fraction of sp³-hybridized carbons (Fsp3) is 0.600. The van der Waals surface area contributed by atoms with Crippen molar-refractivity contribution in [2.24, 2.45) is 11.3 Å². The van der Waals surface area contributed by atoms with Crippen LogP contribution in [0.4, 0.5) is 10.5 Å². The third-order valence-electron chi connectivity index (χ3n) is 6.33. The summed E-state index contributed by atoms with van der Waals surface area (Å²) in [4.78, 5) is 14.9. The second-order valence-electron chi connectivity index (χ2n) is 7.82. The molecule has 2 aliphatic heterocycles. The first kappa shape index (κ1) is 17.6. The van der Waals surface area contributed by atoms with E-state index in [4.69, 9.17) is 21.6 Å². The molecule has 1 atom stereocenters. The number of carbonyl (C=O) groups excluding carboxylic acids is 1. The summed E-state index contributed by atoms with van der Waals surface area (Å²) < 4.78 is 5.52. The largest absolute Gasteiger partial charge is 0.381 e. The summed E-state index contributed by atoms with van der Waals surface area (Å²) in [5, 5.41) is 12.2. The zero-order chi connectivity index (χ0) is 18.1. The van der Waals surface area contributed by atoms with Gasteiger partial charge in [-0.05, 0) is 49.3 Å². The minimum absolute atomic E-state index is 0.0612. The molecule has 1 unspecified atom stereocenters. The highest BCUT2D eigenvalue weighted by Gasteiger charge is 2.59. The van der Waals surface area contributed by atoms with Crippen LogP contribution in [0, 0.1) is 22.7 Å². The van der Waals surface area contributed by atoms with Crippen molar-refractivity contribution in [3.63, 3.8) is 0 Å². The van der Waals surface area contributed by atoms with E-state index in [1.54, 1.807) is 12.1 Å². The molecule has 6 heteroatoms. The number of nitrogens with one attached hydrogen (secondary N) is 1. The van der Waals surface area contributed by atoms with Crippen molar-refractivity contribution in [3.8, 4) is 6.07 Å². The predicted octanol–water partition coefficient (Wildman–Crippen LogP) is 4.22. The first-order valence-corrected chi connectivity index (χ1v) is 9.81. The van der Waals surface area contributed by atoms with Crippen molar-refractivity contribution < 1.29 is 9.53 Å². The molecule has 26 heavy (non-hydrogen) atoms. The quantitative estimate of drug-likeness (QED) is 0.862. The fourth-order valence-corrected chi connectivity index (χ4v) is 5.12. The Bertz CT molecular complexity index is 735. The number of benzene rings is 1. The highest BCUT2D eigenvalue weighted by atomic mass is 35.5. The molecule has 2 amide bonds. The van der Waals surface area contributed by atoms with Crippen LogP contribution < -0.4 is 5.32 Å². The molecule has 5 nitrogen and oxygen atoms in total. The van der Waals surface area contributed by atoms with Crippen LogP contribution in [-0.4, -0.2) is 36.7 Å². The van der Waals surface area contributed by atoms with E-state index in [1.165, 1.54) is 19.3 Å². The van der Waals surface area contributed by atoms with Gasteiger partial charge in [0.2, 0.25) is 0 Å². The lowest BCUT2D eigenvalue weighted by atomic mass is 9.54. The van der Waals surface area contributed by atoms with Crippen LogP contribution >= 0.6 is 11.6 Å². The Kier molecular flexibility index (Phi) is 4.81. The number of urea groups is 1. The first-order chi connectivity index (χ1) is 12.6. The van der Waals surface area contributed by atoms with Crippen LogP contribution in [0.3, 0.4) is 0 Å². The van der Waals surface area contributed by atoms with E-state index in [9.17, 15) is 4.79 Å². The average molecular weight is 374 g/mol. The van der Waals surface area contributed by atoms with E-state index in [0.29, 0.717) is 34.5 Å². The molecule has 2 heterocycles. The third-order valence-corrected chi connectivity index (χ3v) is 6.64. The van der Waals surface area contributed by atoms with Gasteiger partial charge in [-0.1, -0.05) is 24.1 Å². The Morgan fingerprint density at radius 3 is 2.77 bits per heavy atom. The summed E-state index contributed by atoms with van der Waals surface area (Å²) in [6, 6.07) is 7.75. The van der Waals surface area contributed by atoms with Gasteiger partial charge in [-0.3, -0.25) is 0 Å². The Hall–Kier alpha value is -1.77. The van der Waals surface area contributed by atoms with Crippen molar-refractivity contribution in [2.45, 2.75) is 44.6 Å². The van der Waals surface area contributed by atoms with Gasteiger partial charge in [-0.15, -0.1) is 0 Å². The summed E-state index contributed by atoms with van der Waals surface area (Å²) in [5.74, 6) is 0.539. The Morgan fingerprint density at radius 2 is 2.15 bits per heavy atom. The number of carbonyl (C=O) groups is 1. The van der Waals surface area contributed by atoms with Gasteiger partial charge in [-0.2, -0.15) is 5.26 Å². The number of amides is 2. The lowest BCUT2D eigenvalue weighted by molar-refractivity contribution is -0.135. The summed E-state index contributed by atoms with van der Waals surface area (Å²) in [6.07, 6.45) is 6.15. The molecule has 3 fully saturated rings. The Labute approximate surface area is 159 Å². The van der Waals surface area contributed by atoms with Crippen LogP contribution in [0.25, 0.3) is 0 Å². The number of hydrogen-bond acceptors (Lipinski definition) is 3. The molecule has 0 radical (unpaired) electrons. The normalized spacial score (nSPS) is 24.5. The minimum atomic E-state index is -0.0612. The Morgan fingerprint density at radius 1 is 1.38 bits per heavy atom. The molecule has 1 aromatic carbocycles. The number of likely N-dealkylation sites (tertiary alicyclic amines) is 1. The van der Waals surface area contributed by atoms with E-state index in [1.807, 2.05) is 11.0 Å². The maximum absolute atomic E-state index is 12.9. The predicted molar refractivity (Wildman–Crippen MR) is 100 cm³/mol. The molecule has 1 aliphatic carbocycles. The molecule has 138 valence electrons. The van der Waals surface area contributed by atoms with Gasteiger partial charge in [0.25, 0.3) is 0 Å². The molecule has 0 bridgehead atoms. The SMILES string of the molecule is N#CCc1ccc(NC(=O)N2CC3(CCC3)C2C2CCOCC2)c(Cl)c1. The molecular weight excluding hydrogens is 350 g/mol. The van der Waals surface area contributed by atoms with Crippen molar-refractivity contribution >= 4 is 23.3 Å².